The third-order valence-corrected chi connectivity index (χ3v) is 5.00. The van der Waals surface area contributed by atoms with E-state index in [9.17, 15) is 0 Å². The van der Waals surface area contributed by atoms with Crippen LogP contribution < -0.4 is 0 Å². The maximum absolute atomic E-state index is 5.98. The molecule has 0 radical (unpaired) electrons. The summed E-state index contributed by atoms with van der Waals surface area (Å²) in [5.41, 5.74) is 2.60. The predicted octanol–water partition coefficient (Wildman–Crippen LogP) is 5.22. The molecule has 0 aliphatic heterocycles. The zero-order chi connectivity index (χ0) is 17.9. The van der Waals surface area contributed by atoms with Crippen molar-refractivity contribution in [2.75, 3.05) is 0 Å². The first-order valence-electron chi connectivity index (χ1n) is 8.02. The van der Waals surface area contributed by atoms with E-state index in [1.165, 1.54) is 11.8 Å². The van der Waals surface area contributed by atoms with Gasteiger partial charge in [0.05, 0.1) is 5.75 Å². The normalized spacial score (nSPS) is 11.1. The third kappa shape index (κ3) is 3.38. The maximum Gasteiger partial charge on any atom is 0.205 e. The molecular weight excluding hydrogens is 368 g/mol. The minimum Gasteiger partial charge on any atom is -0.440 e. The van der Waals surface area contributed by atoms with Crippen molar-refractivity contribution >= 4 is 34.5 Å². The lowest BCUT2D eigenvalue weighted by Gasteiger charge is -2.07. The van der Waals surface area contributed by atoms with Crippen molar-refractivity contribution in [3.05, 3.63) is 72.1 Å². The third-order valence-electron chi connectivity index (χ3n) is 3.79. The Morgan fingerprint density at radius 3 is 2.69 bits per heavy atom. The molecule has 0 N–H and O–H groups in total. The molecule has 0 saturated heterocycles. The van der Waals surface area contributed by atoms with Crippen molar-refractivity contribution in [3.63, 3.8) is 0 Å². The molecule has 0 saturated carbocycles. The number of nitrogens with zero attached hydrogens (tertiary/aromatic N) is 4. The van der Waals surface area contributed by atoms with Crippen LogP contribution >= 0.6 is 23.4 Å². The smallest absolute Gasteiger partial charge is 0.205 e. The van der Waals surface area contributed by atoms with Crippen molar-refractivity contribution in [2.45, 2.75) is 17.5 Å². The highest BCUT2D eigenvalue weighted by Crippen LogP contribution is 2.28. The van der Waals surface area contributed by atoms with Crippen LogP contribution in [0.1, 0.15) is 5.89 Å². The number of oxazole rings is 1. The molecule has 130 valence electrons. The molecule has 5 nitrogen and oxygen atoms in total. The van der Waals surface area contributed by atoms with Crippen LogP contribution in [0.4, 0.5) is 0 Å². The molecule has 7 heteroatoms. The van der Waals surface area contributed by atoms with Gasteiger partial charge in [-0.2, -0.15) is 0 Å². The van der Waals surface area contributed by atoms with E-state index in [1.807, 2.05) is 59.2 Å². The Hall–Kier alpha value is -2.57. The quantitative estimate of drug-likeness (QED) is 0.338. The summed E-state index contributed by atoms with van der Waals surface area (Å²) < 4.78 is 7.79. The van der Waals surface area contributed by atoms with Crippen LogP contribution in [0.5, 0.6) is 0 Å². The second-order valence-corrected chi connectivity index (χ2v) is 6.96. The second-order valence-electron chi connectivity index (χ2n) is 5.58. The molecule has 0 spiro atoms. The summed E-state index contributed by atoms with van der Waals surface area (Å²) in [6.07, 6.45) is 1.83. The van der Waals surface area contributed by atoms with Crippen molar-refractivity contribution < 1.29 is 4.42 Å². The van der Waals surface area contributed by atoms with Gasteiger partial charge in [0.1, 0.15) is 5.52 Å². The summed E-state index contributed by atoms with van der Waals surface area (Å²) in [6, 6.07) is 15.3. The number of para-hydroxylation sites is 2. The van der Waals surface area contributed by atoms with Crippen LogP contribution in [-0.4, -0.2) is 19.7 Å². The summed E-state index contributed by atoms with van der Waals surface area (Å²) in [5.74, 6) is 2.02. The number of allylic oxidation sites excluding steroid dienone is 1. The van der Waals surface area contributed by atoms with Gasteiger partial charge in [0.15, 0.2) is 16.6 Å². The first-order valence-corrected chi connectivity index (χ1v) is 9.38. The fraction of sp³-hybridized carbons (Fsp3) is 0.105. The van der Waals surface area contributed by atoms with Gasteiger partial charge in [0.25, 0.3) is 0 Å². The first-order chi connectivity index (χ1) is 12.7. The van der Waals surface area contributed by atoms with Gasteiger partial charge in [-0.1, -0.05) is 41.6 Å². The van der Waals surface area contributed by atoms with Crippen molar-refractivity contribution in [2.24, 2.45) is 0 Å². The molecule has 0 atom stereocenters. The Balaban J connectivity index is 1.59. The van der Waals surface area contributed by atoms with Crippen molar-refractivity contribution in [1.82, 2.24) is 19.7 Å². The molecule has 0 bridgehead atoms. The highest BCUT2D eigenvalue weighted by atomic mass is 35.5. The largest absolute Gasteiger partial charge is 0.440 e. The molecule has 0 unspecified atom stereocenters. The molecule has 0 amide bonds. The van der Waals surface area contributed by atoms with Crippen LogP contribution in [0.25, 0.3) is 22.5 Å². The van der Waals surface area contributed by atoms with Gasteiger partial charge in [0.2, 0.25) is 5.89 Å². The molecule has 4 rings (SSSR count). The lowest BCUT2D eigenvalue weighted by molar-refractivity contribution is 0.555. The number of benzene rings is 2. The van der Waals surface area contributed by atoms with Crippen LogP contribution in [0.15, 0.2) is 70.8 Å². The first kappa shape index (κ1) is 16.9. The lowest BCUT2D eigenvalue weighted by Crippen LogP contribution is -2.00. The maximum atomic E-state index is 5.98. The Morgan fingerprint density at radius 2 is 1.92 bits per heavy atom. The summed E-state index contributed by atoms with van der Waals surface area (Å²) in [4.78, 5) is 4.50. The van der Waals surface area contributed by atoms with Crippen molar-refractivity contribution in [1.29, 1.82) is 0 Å². The predicted molar refractivity (Wildman–Crippen MR) is 104 cm³/mol. The SMILES string of the molecule is C=CCn1c(SCc2nc3ccccc3o2)nnc1-c1ccc(Cl)cc1. The van der Waals surface area contributed by atoms with Crippen LogP contribution in [0.3, 0.4) is 0 Å². The Labute approximate surface area is 159 Å². The van der Waals surface area contributed by atoms with Gasteiger partial charge >= 0.3 is 0 Å². The van der Waals surface area contributed by atoms with E-state index in [1.54, 1.807) is 0 Å². The van der Waals surface area contributed by atoms with E-state index in [4.69, 9.17) is 16.0 Å². The fourth-order valence-electron chi connectivity index (χ4n) is 2.61. The van der Waals surface area contributed by atoms with Crippen molar-refractivity contribution in [3.8, 4) is 11.4 Å². The van der Waals surface area contributed by atoms with Gasteiger partial charge < -0.3 is 4.42 Å². The Morgan fingerprint density at radius 1 is 1.12 bits per heavy atom. The monoisotopic (exact) mass is 382 g/mol. The Bertz CT molecular complexity index is 1020. The molecule has 2 aromatic heterocycles. The van der Waals surface area contributed by atoms with E-state index in [0.29, 0.717) is 23.2 Å². The van der Waals surface area contributed by atoms with Crippen LogP contribution in [-0.2, 0) is 12.3 Å². The standard InChI is InChI=1S/C19H15ClN4OS/c1-2-11-24-18(13-7-9-14(20)10-8-13)22-23-19(24)26-12-17-21-15-5-3-4-6-16(15)25-17/h2-10H,1,11-12H2. The van der Waals surface area contributed by atoms with Gasteiger partial charge in [-0.15, -0.1) is 16.8 Å². The second kappa shape index (κ2) is 7.35. The number of thioether (sulfide) groups is 1. The molecule has 0 fully saturated rings. The molecule has 0 aliphatic rings. The fourth-order valence-corrected chi connectivity index (χ4v) is 3.53. The summed E-state index contributed by atoms with van der Waals surface area (Å²) >= 11 is 7.51. The average Bonchev–Trinajstić information content (AvgIpc) is 3.25. The average molecular weight is 383 g/mol. The zero-order valence-corrected chi connectivity index (χ0v) is 15.4. The highest BCUT2D eigenvalue weighted by molar-refractivity contribution is 7.98. The van der Waals surface area contributed by atoms with E-state index >= 15 is 0 Å². The topological polar surface area (TPSA) is 56.7 Å². The Kier molecular flexibility index (Phi) is 4.77. The number of hydrogen-bond donors (Lipinski definition) is 0. The summed E-state index contributed by atoms with van der Waals surface area (Å²) in [5, 5.41) is 10.1. The van der Waals surface area contributed by atoms with Gasteiger partial charge in [-0.05, 0) is 36.4 Å². The number of halogens is 1. The molecule has 2 heterocycles. The van der Waals surface area contributed by atoms with Gasteiger partial charge in [-0.3, -0.25) is 4.57 Å². The number of aromatic nitrogens is 4. The molecule has 4 aromatic rings. The lowest BCUT2D eigenvalue weighted by atomic mass is 10.2. The van der Waals surface area contributed by atoms with Gasteiger partial charge in [0, 0.05) is 17.1 Å². The van der Waals surface area contributed by atoms with Crippen LogP contribution in [0, 0.1) is 0 Å². The minimum absolute atomic E-state index is 0.574. The molecule has 26 heavy (non-hydrogen) atoms. The molecule has 2 aromatic carbocycles. The summed E-state index contributed by atoms with van der Waals surface area (Å²) in [7, 11) is 0. The number of hydrogen-bond acceptors (Lipinski definition) is 5. The van der Waals surface area contributed by atoms with E-state index < -0.39 is 0 Å². The van der Waals surface area contributed by atoms with E-state index in [2.05, 4.69) is 21.8 Å². The van der Waals surface area contributed by atoms with E-state index in [0.717, 1.165) is 27.6 Å². The molecule has 0 aliphatic carbocycles. The number of fused-ring (bicyclic) bond motifs is 1. The minimum atomic E-state index is 0.574. The number of rotatable bonds is 6. The van der Waals surface area contributed by atoms with Crippen LogP contribution in [0.2, 0.25) is 5.02 Å². The zero-order valence-electron chi connectivity index (χ0n) is 13.8. The highest BCUT2D eigenvalue weighted by Gasteiger charge is 2.15. The molecular formula is C19H15ClN4OS. The van der Waals surface area contributed by atoms with Gasteiger partial charge in [-0.25, -0.2) is 4.98 Å². The van der Waals surface area contributed by atoms with E-state index in [-0.39, 0.29) is 0 Å². The summed E-state index contributed by atoms with van der Waals surface area (Å²) in [6.45, 7) is 4.45.